The third kappa shape index (κ3) is 3.96. The van der Waals surface area contributed by atoms with Gasteiger partial charge in [0.1, 0.15) is 11.6 Å². The van der Waals surface area contributed by atoms with Crippen LogP contribution in [-0.4, -0.2) is 24.4 Å². The van der Waals surface area contributed by atoms with Gasteiger partial charge in [0.25, 0.3) is 0 Å². The van der Waals surface area contributed by atoms with Crippen molar-refractivity contribution in [2.24, 2.45) is 5.73 Å². The molecular weight excluding hydrogens is 233 g/mol. The first kappa shape index (κ1) is 14.9. The van der Waals surface area contributed by atoms with E-state index in [1.807, 2.05) is 13.8 Å². The standard InChI is InChI=1S/C14H22FNO2/c1-3-10(7-12(17)9-16)13-8-11(15)5-6-14(13)18-4-2/h5-6,8,10,12,17H,3-4,7,9,16H2,1-2H3. The van der Waals surface area contributed by atoms with Crippen LogP contribution in [0.1, 0.15) is 38.2 Å². The van der Waals surface area contributed by atoms with Crippen molar-refractivity contribution in [1.82, 2.24) is 0 Å². The lowest BCUT2D eigenvalue weighted by molar-refractivity contribution is 0.161. The zero-order chi connectivity index (χ0) is 13.5. The molecule has 4 heteroatoms. The van der Waals surface area contributed by atoms with E-state index < -0.39 is 6.10 Å². The average Bonchev–Trinajstić information content (AvgIpc) is 2.38. The fourth-order valence-corrected chi connectivity index (χ4v) is 2.06. The van der Waals surface area contributed by atoms with Crippen LogP contribution in [-0.2, 0) is 0 Å². The van der Waals surface area contributed by atoms with Crippen LogP contribution in [0.2, 0.25) is 0 Å². The van der Waals surface area contributed by atoms with Crippen molar-refractivity contribution in [3.63, 3.8) is 0 Å². The Hall–Kier alpha value is -1.13. The van der Waals surface area contributed by atoms with Crippen LogP contribution in [0.15, 0.2) is 18.2 Å². The van der Waals surface area contributed by atoms with Gasteiger partial charge in [-0.2, -0.15) is 0 Å². The first-order chi connectivity index (χ1) is 8.62. The molecule has 0 saturated heterocycles. The molecule has 0 saturated carbocycles. The Labute approximate surface area is 108 Å². The second-order valence-corrected chi connectivity index (χ2v) is 4.35. The van der Waals surface area contributed by atoms with Crippen molar-refractivity contribution in [2.45, 2.75) is 38.7 Å². The summed E-state index contributed by atoms with van der Waals surface area (Å²) in [5.41, 5.74) is 6.24. The number of rotatable bonds is 7. The van der Waals surface area contributed by atoms with Crippen LogP contribution in [0, 0.1) is 5.82 Å². The minimum Gasteiger partial charge on any atom is -0.494 e. The average molecular weight is 255 g/mol. The van der Waals surface area contributed by atoms with Gasteiger partial charge < -0.3 is 15.6 Å². The van der Waals surface area contributed by atoms with Crippen LogP contribution in [0.5, 0.6) is 5.75 Å². The predicted molar refractivity (Wildman–Crippen MR) is 70.3 cm³/mol. The molecule has 2 atom stereocenters. The summed E-state index contributed by atoms with van der Waals surface area (Å²) in [5, 5.41) is 9.65. The smallest absolute Gasteiger partial charge is 0.123 e. The van der Waals surface area contributed by atoms with E-state index in [-0.39, 0.29) is 18.3 Å². The molecule has 102 valence electrons. The summed E-state index contributed by atoms with van der Waals surface area (Å²) >= 11 is 0. The molecule has 3 N–H and O–H groups in total. The van der Waals surface area contributed by atoms with Crippen LogP contribution in [0.3, 0.4) is 0 Å². The molecule has 0 fully saturated rings. The first-order valence-corrected chi connectivity index (χ1v) is 6.42. The molecule has 3 nitrogen and oxygen atoms in total. The number of halogens is 1. The fourth-order valence-electron chi connectivity index (χ4n) is 2.06. The highest BCUT2D eigenvalue weighted by atomic mass is 19.1. The second kappa shape index (κ2) is 7.34. The lowest BCUT2D eigenvalue weighted by Crippen LogP contribution is -2.22. The molecule has 0 aromatic heterocycles. The van der Waals surface area contributed by atoms with Crippen molar-refractivity contribution in [3.8, 4) is 5.75 Å². The summed E-state index contributed by atoms with van der Waals surface area (Å²) in [6.07, 6.45) is 0.768. The molecule has 0 heterocycles. The van der Waals surface area contributed by atoms with Gasteiger partial charge in [0, 0.05) is 12.1 Å². The molecule has 0 bridgehead atoms. The van der Waals surface area contributed by atoms with Gasteiger partial charge in [-0.15, -0.1) is 0 Å². The number of hydrogen-bond donors (Lipinski definition) is 2. The van der Waals surface area contributed by atoms with E-state index in [0.717, 1.165) is 12.0 Å². The molecule has 2 unspecified atom stereocenters. The van der Waals surface area contributed by atoms with Gasteiger partial charge >= 0.3 is 0 Å². The van der Waals surface area contributed by atoms with Crippen LogP contribution >= 0.6 is 0 Å². The monoisotopic (exact) mass is 255 g/mol. The largest absolute Gasteiger partial charge is 0.494 e. The normalized spacial score (nSPS) is 14.3. The van der Waals surface area contributed by atoms with E-state index in [2.05, 4.69) is 0 Å². The third-order valence-electron chi connectivity index (χ3n) is 3.03. The Morgan fingerprint density at radius 2 is 2.11 bits per heavy atom. The van der Waals surface area contributed by atoms with E-state index in [0.29, 0.717) is 18.8 Å². The summed E-state index contributed by atoms with van der Waals surface area (Å²) < 4.78 is 18.9. The van der Waals surface area contributed by atoms with Crippen molar-refractivity contribution < 1.29 is 14.2 Å². The summed E-state index contributed by atoms with van der Waals surface area (Å²) in [6.45, 7) is 4.65. The van der Waals surface area contributed by atoms with Crippen LogP contribution in [0.25, 0.3) is 0 Å². The third-order valence-corrected chi connectivity index (χ3v) is 3.03. The highest BCUT2D eigenvalue weighted by Gasteiger charge is 2.18. The van der Waals surface area contributed by atoms with Crippen molar-refractivity contribution in [3.05, 3.63) is 29.6 Å². The predicted octanol–water partition coefficient (Wildman–Crippen LogP) is 2.43. The minimum atomic E-state index is -0.562. The first-order valence-electron chi connectivity index (χ1n) is 6.42. The highest BCUT2D eigenvalue weighted by Crippen LogP contribution is 2.33. The van der Waals surface area contributed by atoms with Crippen molar-refractivity contribution in [1.29, 1.82) is 0 Å². The quantitative estimate of drug-likeness (QED) is 0.786. The number of benzene rings is 1. The number of hydrogen-bond acceptors (Lipinski definition) is 3. The Bertz CT molecular complexity index is 371. The van der Waals surface area contributed by atoms with E-state index >= 15 is 0 Å². The zero-order valence-corrected chi connectivity index (χ0v) is 11.0. The molecule has 0 aliphatic rings. The summed E-state index contributed by atoms with van der Waals surface area (Å²) in [6, 6.07) is 4.52. The van der Waals surface area contributed by atoms with E-state index in [4.69, 9.17) is 10.5 Å². The summed E-state index contributed by atoms with van der Waals surface area (Å²) in [5.74, 6) is 0.463. The van der Waals surface area contributed by atoms with Gasteiger partial charge in [-0.1, -0.05) is 6.92 Å². The van der Waals surface area contributed by atoms with Gasteiger partial charge in [-0.25, -0.2) is 4.39 Å². The number of nitrogens with two attached hydrogens (primary N) is 1. The Morgan fingerprint density at radius 3 is 2.67 bits per heavy atom. The molecule has 1 rings (SSSR count). The summed E-state index contributed by atoms with van der Waals surface area (Å²) in [4.78, 5) is 0. The maximum absolute atomic E-state index is 13.4. The van der Waals surface area contributed by atoms with Gasteiger partial charge in [0.2, 0.25) is 0 Å². The molecule has 1 aromatic carbocycles. The van der Waals surface area contributed by atoms with E-state index in [9.17, 15) is 9.50 Å². The second-order valence-electron chi connectivity index (χ2n) is 4.35. The molecule has 0 spiro atoms. The Balaban J connectivity index is 2.98. The highest BCUT2D eigenvalue weighted by molar-refractivity contribution is 5.37. The maximum Gasteiger partial charge on any atom is 0.123 e. The molecule has 0 amide bonds. The lowest BCUT2D eigenvalue weighted by Gasteiger charge is -2.21. The number of ether oxygens (including phenoxy) is 1. The maximum atomic E-state index is 13.4. The zero-order valence-electron chi connectivity index (χ0n) is 11.0. The van der Waals surface area contributed by atoms with Crippen molar-refractivity contribution in [2.75, 3.05) is 13.2 Å². The lowest BCUT2D eigenvalue weighted by atomic mass is 9.90. The van der Waals surface area contributed by atoms with Gasteiger partial charge in [0.05, 0.1) is 12.7 Å². The van der Waals surface area contributed by atoms with Gasteiger partial charge in [-0.3, -0.25) is 0 Å². The van der Waals surface area contributed by atoms with Crippen LogP contribution in [0.4, 0.5) is 4.39 Å². The fraction of sp³-hybridized carbons (Fsp3) is 0.571. The molecule has 0 aliphatic carbocycles. The van der Waals surface area contributed by atoms with E-state index in [1.165, 1.54) is 12.1 Å². The van der Waals surface area contributed by atoms with Gasteiger partial charge in [0.15, 0.2) is 0 Å². The molecular formula is C14H22FNO2. The van der Waals surface area contributed by atoms with Crippen molar-refractivity contribution >= 4 is 0 Å². The SMILES string of the molecule is CCOc1ccc(F)cc1C(CC)CC(O)CN. The Kier molecular flexibility index (Phi) is 6.09. The van der Waals surface area contributed by atoms with Gasteiger partial charge in [-0.05, 0) is 43.9 Å². The molecule has 1 aromatic rings. The topological polar surface area (TPSA) is 55.5 Å². The molecule has 18 heavy (non-hydrogen) atoms. The van der Waals surface area contributed by atoms with E-state index in [1.54, 1.807) is 6.07 Å². The molecule has 0 radical (unpaired) electrons. The number of aliphatic hydroxyl groups excluding tert-OH is 1. The van der Waals surface area contributed by atoms with Crippen LogP contribution < -0.4 is 10.5 Å². The molecule has 0 aliphatic heterocycles. The summed E-state index contributed by atoms with van der Waals surface area (Å²) in [7, 11) is 0. The minimum absolute atomic E-state index is 0.0563. The number of aliphatic hydroxyl groups is 1. The Morgan fingerprint density at radius 1 is 1.39 bits per heavy atom.